The van der Waals surface area contributed by atoms with Gasteiger partial charge in [0.05, 0.1) is 32.0 Å². The van der Waals surface area contributed by atoms with Crippen LogP contribution in [0, 0.1) is 0 Å². The highest BCUT2D eigenvalue weighted by Crippen LogP contribution is 2.29. The van der Waals surface area contributed by atoms with Gasteiger partial charge in [0.25, 0.3) is 0 Å². The van der Waals surface area contributed by atoms with Crippen molar-refractivity contribution in [3.8, 4) is 0 Å². The average Bonchev–Trinajstić information content (AvgIpc) is 2.69. The van der Waals surface area contributed by atoms with Crippen molar-refractivity contribution in [3.63, 3.8) is 0 Å². The molecule has 2 aliphatic heterocycles. The summed E-state index contributed by atoms with van der Waals surface area (Å²) in [5.74, 6) is 0. The summed E-state index contributed by atoms with van der Waals surface area (Å²) < 4.78 is 21.8. The van der Waals surface area contributed by atoms with Gasteiger partial charge in [-0.05, 0) is 6.92 Å². The largest absolute Gasteiger partial charge is 0.394 e. The molecule has 11 heteroatoms. The first-order valence-electron chi connectivity index (χ1n) is 9.65. The van der Waals surface area contributed by atoms with Crippen LogP contribution in [0.4, 0.5) is 0 Å². The molecule has 10 atom stereocenters. The number of ether oxygens (including phenoxy) is 4. The van der Waals surface area contributed by atoms with E-state index in [9.17, 15) is 35.7 Å². The molecule has 0 saturated carbocycles. The predicted octanol–water partition coefficient (Wildman–Crippen LogP) is -3.02. The van der Waals surface area contributed by atoms with Gasteiger partial charge in [-0.15, -0.1) is 0 Å². The Morgan fingerprint density at radius 1 is 1.00 bits per heavy atom. The highest BCUT2D eigenvalue weighted by molar-refractivity contribution is 4.92. The molecule has 170 valence electrons. The van der Waals surface area contributed by atoms with Crippen molar-refractivity contribution in [3.05, 3.63) is 12.2 Å². The fourth-order valence-electron chi connectivity index (χ4n) is 3.31. The molecule has 29 heavy (non-hydrogen) atoms. The van der Waals surface area contributed by atoms with Crippen LogP contribution in [0.15, 0.2) is 12.2 Å². The molecule has 2 heterocycles. The lowest BCUT2D eigenvalue weighted by atomic mass is 9.98. The van der Waals surface area contributed by atoms with Crippen LogP contribution < -0.4 is 0 Å². The van der Waals surface area contributed by atoms with E-state index in [0.717, 1.165) is 0 Å². The minimum atomic E-state index is -1.51. The fourth-order valence-corrected chi connectivity index (χ4v) is 3.31. The predicted molar refractivity (Wildman–Crippen MR) is 96.4 cm³/mol. The molecule has 2 saturated heterocycles. The van der Waals surface area contributed by atoms with Crippen LogP contribution in [0.2, 0.25) is 0 Å². The van der Waals surface area contributed by atoms with Gasteiger partial charge in [-0.25, -0.2) is 0 Å². The van der Waals surface area contributed by atoms with Crippen molar-refractivity contribution < 1.29 is 54.7 Å². The van der Waals surface area contributed by atoms with Crippen molar-refractivity contribution in [2.24, 2.45) is 0 Å². The molecule has 0 aromatic rings. The second kappa shape index (κ2) is 11.6. The lowest BCUT2D eigenvalue weighted by molar-refractivity contribution is -0.343. The molecule has 2 fully saturated rings. The van der Waals surface area contributed by atoms with Crippen LogP contribution in [0.5, 0.6) is 0 Å². The topological polar surface area (TPSA) is 179 Å². The second-order valence-corrected chi connectivity index (χ2v) is 7.14. The van der Waals surface area contributed by atoms with Gasteiger partial charge in [0.15, 0.2) is 12.6 Å². The van der Waals surface area contributed by atoms with Crippen LogP contribution >= 0.6 is 0 Å². The van der Waals surface area contributed by atoms with E-state index in [1.165, 1.54) is 0 Å². The second-order valence-electron chi connectivity index (χ2n) is 7.14. The molecule has 0 aromatic carbocycles. The zero-order valence-electron chi connectivity index (χ0n) is 16.2. The summed E-state index contributed by atoms with van der Waals surface area (Å²) in [7, 11) is 0. The number of aliphatic hydroxyl groups excluding tert-OH is 7. The zero-order chi connectivity index (χ0) is 21.6. The molecule has 0 aromatic heterocycles. The summed E-state index contributed by atoms with van der Waals surface area (Å²) in [5, 5.41) is 68.9. The number of hydrogen-bond acceptors (Lipinski definition) is 11. The standard InChI is InChI=1S/C18H32O11/c1-2-3-9(21)4-5-26-18-16(25)15(24)17(12(8-20)28-18)29-13-6-10(22)14(23)11(7-19)27-13/h2-3,9-25H,4-8H2,1H3/b3-2+/t9-,10-,11-,12-,13+,14-,15-,16-,17-,18-/m1/s1. The molecule has 0 bridgehead atoms. The number of hydrogen-bond donors (Lipinski definition) is 7. The molecule has 0 unspecified atom stereocenters. The summed E-state index contributed by atoms with van der Waals surface area (Å²) in [6.45, 7) is 0.691. The van der Waals surface area contributed by atoms with Crippen LogP contribution in [0.3, 0.4) is 0 Å². The first kappa shape index (κ1) is 24.6. The van der Waals surface area contributed by atoms with E-state index < -0.39 is 74.6 Å². The quantitative estimate of drug-likeness (QED) is 0.187. The third-order valence-electron chi connectivity index (χ3n) is 4.96. The molecule has 0 radical (unpaired) electrons. The van der Waals surface area contributed by atoms with Gasteiger partial charge in [-0.2, -0.15) is 0 Å². The third kappa shape index (κ3) is 6.39. The zero-order valence-corrected chi connectivity index (χ0v) is 16.2. The average molecular weight is 424 g/mol. The smallest absolute Gasteiger partial charge is 0.186 e. The van der Waals surface area contributed by atoms with Gasteiger partial charge in [0, 0.05) is 12.8 Å². The molecular formula is C18H32O11. The van der Waals surface area contributed by atoms with E-state index in [0.29, 0.717) is 0 Å². The van der Waals surface area contributed by atoms with Crippen molar-refractivity contribution in [1.82, 2.24) is 0 Å². The van der Waals surface area contributed by atoms with Crippen LogP contribution in [0.1, 0.15) is 19.8 Å². The van der Waals surface area contributed by atoms with Gasteiger partial charge >= 0.3 is 0 Å². The van der Waals surface area contributed by atoms with E-state index in [1.54, 1.807) is 19.1 Å². The Bertz CT molecular complexity index is 502. The first-order valence-corrected chi connectivity index (χ1v) is 9.65. The summed E-state index contributed by atoms with van der Waals surface area (Å²) in [6.07, 6.45) is -8.59. The minimum absolute atomic E-state index is 0.0393. The van der Waals surface area contributed by atoms with Crippen LogP contribution in [-0.2, 0) is 18.9 Å². The molecular weight excluding hydrogens is 392 g/mol. The molecule has 0 aliphatic carbocycles. The third-order valence-corrected chi connectivity index (χ3v) is 4.96. The van der Waals surface area contributed by atoms with Crippen molar-refractivity contribution in [2.45, 2.75) is 81.2 Å². The molecule has 7 N–H and O–H groups in total. The van der Waals surface area contributed by atoms with Crippen LogP contribution in [0.25, 0.3) is 0 Å². The Kier molecular flexibility index (Phi) is 9.85. The van der Waals surface area contributed by atoms with E-state index in [2.05, 4.69) is 0 Å². The molecule has 0 amide bonds. The summed E-state index contributed by atoms with van der Waals surface area (Å²) >= 11 is 0. The van der Waals surface area contributed by atoms with Crippen LogP contribution in [-0.4, -0.2) is 117 Å². The molecule has 2 rings (SSSR count). The highest BCUT2D eigenvalue weighted by atomic mass is 16.7. The molecule has 2 aliphatic rings. The number of allylic oxidation sites excluding steroid dienone is 1. The van der Waals surface area contributed by atoms with E-state index in [1.807, 2.05) is 0 Å². The Morgan fingerprint density at radius 2 is 1.69 bits per heavy atom. The minimum Gasteiger partial charge on any atom is -0.394 e. The molecule has 0 spiro atoms. The summed E-state index contributed by atoms with van der Waals surface area (Å²) in [4.78, 5) is 0. The van der Waals surface area contributed by atoms with Crippen molar-refractivity contribution >= 4 is 0 Å². The number of aliphatic hydroxyl groups is 7. The van der Waals surface area contributed by atoms with Gasteiger partial charge < -0.3 is 54.7 Å². The highest BCUT2D eigenvalue weighted by Gasteiger charge is 2.48. The lowest BCUT2D eigenvalue weighted by Crippen LogP contribution is -2.62. The number of rotatable bonds is 9. The Labute approximate surface area is 168 Å². The summed E-state index contributed by atoms with van der Waals surface area (Å²) in [5.41, 5.74) is 0. The van der Waals surface area contributed by atoms with E-state index >= 15 is 0 Å². The van der Waals surface area contributed by atoms with Crippen molar-refractivity contribution in [2.75, 3.05) is 19.8 Å². The Morgan fingerprint density at radius 3 is 2.31 bits per heavy atom. The maximum Gasteiger partial charge on any atom is 0.186 e. The lowest BCUT2D eigenvalue weighted by Gasteiger charge is -2.44. The normalized spacial score (nSPS) is 42.3. The van der Waals surface area contributed by atoms with E-state index in [4.69, 9.17) is 18.9 Å². The van der Waals surface area contributed by atoms with Crippen molar-refractivity contribution in [1.29, 1.82) is 0 Å². The first-order chi connectivity index (χ1) is 13.8. The van der Waals surface area contributed by atoms with E-state index in [-0.39, 0.29) is 19.4 Å². The maximum absolute atomic E-state index is 10.5. The fraction of sp³-hybridized carbons (Fsp3) is 0.889. The van der Waals surface area contributed by atoms with Gasteiger partial charge in [-0.3, -0.25) is 0 Å². The molecule has 11 nitrogen and oxygen atoms in total. The summed E-state index contributed by atoms with van der Waals surface area (Å²) in [6, 6.07) is 0. The van der Waals surface area contributed by atoms with Gasteiger partial charge in [0.2, 0.25) is 0 Å². The Balaban J connectivity index is 1.95. The Hall–Kier alpha value is -0.700. The monoisotopic (exact) mass is 424 g/mol. The SMILES string of the molecule is C/C=C/[C@@H](O)CCO[C@@H]1O[C@H](CO)[C@@H](O[C@H]2C[C@@H](O)[C@@H](O)[C@@H](CO)O2)[C@H](O)[C@H]1O. The van der Waals surface area contributed by atoms with Gasteiger partial charge in [0.1, 0.15) is 36.6 Å². The maximum atomic E-state index is 10.5. The van der Waals surface area contributed by atoms with Gasteiger partial charge in [-0.1, -0.05) is 12.2 Å².